The second-order valence-electron chi connectivity index (χ2n) is 5.47. The molecule has 0 N–H and O–H groups in total. The second-order valence-corrected chi connectivity index (χ2v) is 5.91. The van der Waals surface area contributed by atoms with Crippen LogP contribution in [0.3, 0.4) is 0 Å². The number of hydrogen-bond donors (Lipinski definition) is 0. The number of hydrogen-bond acceptors (Lipinski definition) is 0. The van der Waals surface area contributed by atoms with E-state index in [1.165, 1.54) is 33.4 Å². The lowest BCUT2D eigenvalue weighted by atomic mass is 9.84. The summed E-state index contributed by atoms with van der Waals surface area (Å²) in [5, 5.41) is 0.780. The van der Waals surface area contributed by atoms with Gasteiger partial charge in [0, 0.05) is 5.02 Å². The molecule has 1 radical (unpaired) electrons. The van der Waals surface area contributed by atoms with Crippen LogP contribution in [0, 0.1) is 13.3 Å². The predicted octanol–water partition coefficient (Wildman–Crippen LogP) is 6.11. The van der Waals surface area contributed by atoms with Gasteiger partial charge in [0.15, 0.2) is 0 Å². The maximum absolute atomic E-state index is 5.99. The van der Waals surface area contributed by atoms with E-state index in [-0.39, 0.29) is 0 Å². The summed E-state index contributed by atoms with van der Waals surface area (Å²) >= 11 is 5.99. The summed E-state index contributed by atoms with van der Waals surface area (Å²) in [7, 11) is 0. The lowest BCUT2D eigenvalue weighted by molar-refractivity contribution is 1.24. The summed E-state index contributed by atoms with van der Waals surface area (Å²) in [6.45, 7) is 4.32. The summed E-state index contributed by atoms with van der Waals surface area (Å²) in [6, 6.07) is 16.8. The first kappa shape index (κ1) is 14.2. The van der Waals surface area contributed by atoms with Crippen LogP contribution in [0.1, 0.15) is 30.0 Å². The Labute approximate surface area is 131 Å². The summed E-state index contributed by atoms with van der Waals surface area (Å²) < 4.78 is 0. The first-order valence-corrected chi connectivity index (χ1v) is 7.60. The smallest absolute Gasteiger partial charge is 0.0406 e. The van der Waals surface area contributed by atoms with Gasteiger partial charge in [0.25, 0.3) is 0 Å². The topological polar surface area (TPSA) is 0 Å². The molecule has 0 aromatic heterocycles. The zero-order chi connectivity index (χ0) is 14.8. The third-order valence-electron chi connectivity index (χ3n) is 3.97. The Balaban J connectivity index is 2.02. The Bertz CT molecular complexity index is 701. The van der Waals surface area contributed by atoms with E-state index in [1.54, 1.807) is 0 Å². The van der Waals surface area contributed by atoms with Crippen LogP contribution in [-0.4, -0.2) is 0 Å². The van der Waals surface area contributed by atoms with Gasteiger partial charge < -0.3 is 0 Å². The van der Waals surface area contributed by atoms with Crippen molar-refractivity contribution in [1.82, 2.24) is 0 Å². The molecule has 0 fully saturated rings. The Morgan fingerprint density at radius 3 is 2.10 bits per heavy atom. The van der Waals surface area contributed by atoms with Gasteiger partial charge in [-0.3, -0.25) is 0 Å². The van der Waals surface area contributed by atoms with Gasteiger partial charge in [0.1, 0.15) is 0 Å². The molecule has 0 heterocycles. The maximum Gasteiger partial charge on any atom is 0.0406 e. The largest absolute Gasteiger partial charge is 0.0843 e. The van der Waals surface area contributed by atoms with Crippen molar-refractivity contribution in [2.45, 2.75) is 20.3 Å². The number of halogens is 1. The predicted molar refractivity (Wildman–Crippen MR) is 92.1 cm³/mol. The van der Waals surface area contributed by atoms with Gasteiger partial charge in [0.2, 0.25) is 0 Å². The molecular weight excluding hydrogens is 276 g/mol. The van der Waals surface area contributed by atoms with E-state index in [4.69, 9.17) is 11.6 Å². The van der Waals surface area contributed by atoms with Gasteiger partial charge in [-0.05, 0) is 66.7 Å². The SMILES string of the molecule is CC1=C(c2ccc(Cl)cc2)[CH]CC=C1c1ccc(C)cc1. The van der Waals surface area contributed by atoms with E-state index in [1.807, 2.05) is 12.1 Å². The van der Waals surface area contributed by atoms with Crippen LogP contribution in [0.25, 0.3) is 11.1 Å². The fourth-order valence-electron chi connectivity index (χ4n) is 2.78. The zero-order valence-corrected chi connectivity index (χ0v) is 13.1. The maximum atomic E-state index is 5.99. The van der Waals surface area contributed by atoms with E-state index in [9.17, 15) is 0 Å². The molecule has 1 heteroatoms. The van der Waals surface area contributed by atoms with Crippen LogP contribution in [0.2, 0.25) is 5.02 Å². The van der Waals surface area contributed by atoms with Crippen molar-refractivity contribution in [2.24, 2.45) is 0 Å². The fraction of sp³-hybridized carbons (Fsp3) is 0.150. The van der Waals surface area contributed by atoms with Gasteiger partial charge in [-0.25, -0.2) is 0 Å². The summed E-state index contributed by atoms with van der Waals surface area (Å²) in [5.41, 5.74) is 7.79. The summed E-state index contributed by atoms with van der Waals surface area (Å²) in [6.07, 6.45) is 5.56. The van der Waals surface area contributed by atoms with E-state index in [0.717, 1.165) is 11.4 Å². The zero-order valence-electron chi connectivity index (χ0n) is 12.4. The van der Waals surface area contributed by atoms with Gasteiger partial charge in [-0.1, -0.05) is 59.6 Å². The van der Waals surface area contributed by atoms with E-state index in [2.05, 4.69) is 62.7 Å². The van der Waals surface area contributed by atoms with Crippen LogP contribution in [0.15, 0.2) is 60.2 Å². The Hall–Kier alpha value is -1.79. The molecule has 0 atom stereocenters. The Morgan fingerprint density at radius 1 is 0.810 bits per heavy atom. The average molecular weight is 294 g/mol. The molecule has 105 valence electrons. The van der Waals surface area contributed by atoms with Crippen LogP contribution in [-0.2, 0) is 0 Å². The molecule has 21 heavy (non-hydrogen) atoms. The van der Waals surface area contributed by atoms with Crippen molar-refractivity contribution in [1.29, 1.82) is 0 Å². The van der Waals surface area contributed by atoms with Gasteiger partial charge >= 0.3 is 0 Å². The molecular formula is C20H18Cl. The van der Waals surface area contributed by atoms with Crippen molar-refractivity contribution in [3.8, 4) is 0 Å². The monoisotopic (exact) mass is 293 g/mol. The van der Waals surface area contributed by atoms with Gasteiger partial charge in [0.05, 0.1) is 0 Å². The molecule has 0 saturated carbocycles. The number of allylic oxidation sites excluding steroid dienone is 4. The Kier molecular flexibility index (Phi) is 3.98. The molecule has 0 saturated heterocycles. The highest BCUT2D eigenvalue weighted by molar-refractivity contribution is 6.30. The molecule has 0 amide bonds. The molecule has 1 aliphatic carbocycles. The molecule has 0 bridgehead atoms. The standard InChI is InChI=1S/C20H18Cl/c1-14-6-8-16(9-7-14)19-4-3-5-20(15(19)2)17-10-12-18(21)13-11-17/h4-13H,3H2,1-2H3. The minimum absolute atomic E-state index is 0.780. The van der Waals surface area contributed by atoms with E-state index >= 15 is 0 Å². The van der Waals surface area contributed by atoms with E-state index in [0.29, 0.717) is 0 Å². The highest BCUT2D eigenvalue weighted by Gasteiger charge is 2.15. The van der Waals surface area contributed by atoms with Crippen LogP contribution in [0.4, 0.5) is 0 Å². The molecule has 2 aromatic carbocycles. The fourth-order valence-corrected chi connectivity index (χ4v) is 2.90. The molecule has 0 aliphatic heterocycles. The summed E-state index contributed by atoms with van der Waals surface area (Å²) in [4.78, 5) is 0. The van der Waals surface area contributed by atoms with Crippen molar-refractivity contribution in [2.75, 3.05) is 0 Å². The van der Waals surface area contributed by atoms with Crippen molar-refractivity contribution >= 4 is 22.7 Å². The lowest BCUT2D eigenvalue weighted by Crippen LogP contribution is -1.99. The minimum Gasteiger partial charge on any atom is -0.0843 e. The highest BCUT2D eigenvalue weighted by Crippen LogP contribution is 2.36. The van der Waals surface area contributed by atoms with Crippen molar-refractivity contribution in [3.63, 3.8) is 0 Å². The first-order chi connectivity index (χ1) is 10.1. The summed E-state index contributed by atoms with van der Waals surface area (Å²) in [5.74, 6) is 0. The van der Waals surface area contributed by atoms with Crippen LogP contribution >= 0.6 is 11.6 Å². The molecule has 3 rings (SSSR count). The molecule has 0 spiro atoms. The highest BCUT2D eigenvalue weighted by atomic mass is 35.5. The van der Waals surface area contributed by atoms with Crippen molar-refractivity contribution in [3.05, 3.63) is 88.3 Å². The molecule has 2 aromatic rings. The normalized spacial score (nSPS) is 15.1. The van der Waals surface area contributed by atoms with Crippen LogP contribution < -0.4 is 0 Å². The van der Waals surface area contributed by atoms with Crippen LogP contribution in [0.5, 0.6) is 0 Å². The molecule has 0 nitrogen and oxygen atoms in total. The molecule has 1 aliphatic rings. The third-order valence-corrected chi connectivity index (χ3v) is 4.22. The second kappa shape index (κ2) is 5.91. The van der Waals surface area contributed by atoms with Gasteiger partial charge in [-0.15, -0.1) is 0 Å². The van der Waals surface area contributed by atoms with Gasteiger partial charge in [-0.2, -0.15) is 0 Å². The Morgan fingerprint density at radius 2 is 1.43 bits per heavy atom. The average Bonchev–Trinajstić information content (AvgIpc) is 2.50. The number of rotatable bonds is 2. The quantitative estimate of drug-likeness (QED) is 0.626. The number of benzene rings is 2. The van der Waals surface area contributed by atoms with Crippen molar-refractivity contribution < 1.29 is 0 Å². The van der Waals surface area contributed by atoms with E-state index < -0.39 is 0 Å². The minimum atomic E-state index is 0.780. The number of aryl methyl sites for hydroxylation is 1. The third kappa shape index (κ3) is 2.96. The molecule has 0 unspecified atom stereocenters. The first-order valence-electron chi connectivity index (χ1n) is 7.23. The lowest BCUT2D eigenvalue weighted by Gasteiger charge is -2.20.